The first kappa shape index (κ1) is 21.7. The molecular formula is C21H25FN4O4S. The Balaban J connectivity index is 1.49. The van der Waals surface area contributed by atoms with Gasteiger partial charge in [0.25, 0.3) is 5.69 Å². The van der Waals surface area contributed by atoms with Crippen LogP contribution in [-0.2, 0) is 16.6 Å². The predicted molar refractivity (Wildman–Crippen MR) is 115 cm³/mol. The monoisotopic (exact) mass is 448 g/mol. The largest absolute Gasteiger partial charge is 0.363 e. The third-order valence-corrected chi connectivity index (χ3v) is 7.81. The Hall–Kier alpha value is -2.56. The number of rotatable bonds is 6. The number of nitro groups is 1. The summed E-state index contributed by atoms with van der Waals surface area (Å²) in [6.07, 6.45) is 1.60. The normalized spacial score (nSPS) is 18.4. The molecule has 2 aromatic rings. The maximum Gasteiger partial charge on any atom is 0.293 e. The van der Waals surface area contributed by atoms with Gasteiger partial charge in [-0.25, -0.2) is 12.8 Å². The number of hydrogen-bond donors (Lipinski definition) is 0. The molecule has 0 aromatic heterocycles. The van der Waals surface area contributed by atoms with Crippen LogP contribution in [0.1, 0.15) is 18.4 Å². The third-order valence-electron chi connectivity index (χ3n) is 5.91. The van der Waals surface area contributed by atoms with Crippen LogP contribution < -0.4 is 4.90 Å². The highest BCUT2D eigenvalue weighted by atomic mass is 32.2. The van der Waals surface area contributed by atoms with Crippen molar-refractivity contribution in [1.29, 1.82) is 0 Å². The van der Waals surface area contributed by atoms with E-state index >= 15 is 0 Å². The van der Waals surface area contributed by atoms with E-state index in [9.17, 15) is 22.9 Å². The zero-order chi connectivity index (χ0) is 22.0. The van der Waals surface area contributed by atoms with Gasteiger partial charge in [0, 0.05) is 57.4 Å². The third kappa shape index (κ3) is 4.56. The Kier molecular flexibility index (Phi) is 6.22. The average Bonchev–Trinajstić information content (AvgIpc) is 3.31. The first-order valence-corrected chi connectivity index (χ1v) is 11.8. The first-order chi connectivity index (χ1) is 14.9. The van der Waals surface area contributed by atoms with E-state index in [0.29, 0.717) is 57.1 Å². The molecule has 0 amide bonds. The first-order valence-electron chi connectivity index (χ1n) is 10.4. The topological polar surface area (TPSA) is 87.0 Å². The van der Waals surface area contributed by atoms with Crippen molar-refractivity contribution >= 4 is 21.4 Å². The van der Waals surface area contributed by atoms with Gasteiger partial charge in [0.2, 0.25) is 10.0 Å². The lowest BCUT2D eigenvalue weighted by Crippen LogP contribution is -2.46. The molecule has 2 fully saturated rings. The number of nitro benzene ring substituents is 1. The van der Waals surface area contributed by atoms with Crippen molar-refractivity contribution in [2.75, 3.05) is 44.2 Å². The van der Waals surface area contributed by atoms with E-state index in [1.54, 1.807) is 18.2 Å². The molecule has 0 N–H and O–H groups in total. The molecule has 166 valence electrons. The minimum atomic E-state index is -3.72. The SMILES string of the molecule is O=[N+]([O-])c1cc(S(=O)(=O)N2CCCC2)ccc1N1CCN(Cc2ccccc2F)CC1. The van der Waals surface area contributed by atoms with Crippen molar-refractivity contribution < 1.29 is 17.7 Å². The summed E-state index contributed by atoms with van der Waals surface area (Å²) in [6, 6.07) is 10.8. The lowest BCUT2D eigenvalue weighted by atomic mass is 10.1. The fourth-order valence-electron chi connectivity index (χ4n) is 4.17. The Bertz CT molecular complexity index is 1060. The molecule has 31 heavy (non-hydrogen) atoms. The predicted octanol–water partition coefficient (Wildman–Crippen LogP) is 2.84. The summed E-state index contributed by atoms with van der Waals surface area (Å²) in [5.74, 6) is -0.240. The maximum atomic E-state index is 13.9. The second-order valence-electron chi connectivity index (χ2n) is 7.87. The Morgan fingerprint density at radius 1 is 0.968 bits per heavy atom. The number of halogens is 1. The van der Waals surface area contributed by atoms with Crippen LogP contribution in [-0.4, -0.2) is 61.8 Å². The standard InChI is InChI=1S/C21H25FN4O4S/c22-19-6-2-1-5-17(19)16-23-11-13-24(14-12-23)20-8-7-18(15-21(20)26(27)28)31(29,30)25-9-3-4-10-25/h1-2,5-8,15H,3-4,9-14,16H2. The lowest BCUT2D eigenvalue weighted by Gasteiger charge is -2.36. The number of benzene rings is 2. The van der Waals surface area contributed by atoms with Gasteiger partial charge >= 0.3 is 0 Å². The summed E-state index contributed by atoms with van der Waals surface area (Å²) in [5.41, 5.74) is 0.831. The highest BCUT2D eigenvalue weighted by molar-refractivity contribution is 7.89. The molecule has 0 bridgehead atoms. The molecule has 4 rings (SSSR count). The number of piperazine rings is 1. The quantitative estimate of drug-likeness (QED) is 0.499. The number of hydrogen-bond acceptors (Lipinski definition) is 6. The van der Waals surface area contributed by atoms with Crippen molar-refractivity contribution in [3.05, 3.63) is 64.0 Å². The van der Waals surface area contributed by atoms with Crippen molar-refractivity contribution in [2.24, 2.45) is 0 Å². The van der Waals surface area contributed by atoms with Crippen LogP contribution >= 0.6 is 0 Å². The van der Waals surface area contributed by atoms with Crippen molar-refractivity contribution in [1.82, 2.24) is 9.21 Å². The van der Waals surface area contributed by atoms with E-state index in [4.69, 9.17) is 0 Å². The summed E-state index contributed by atoms with van der Waals surface area (Å²) in [4.78, 5) is 15.2. The van der Waals surface area contributed by atoms with Crippen LogP contribution in [0.2, 0.25) is 0 Å². The number of nitrogens with zero attached hydrogens (tertiary/aromatic N) is 4. The van der Waals surface area contributed by atoms with Gasteiger partial charge in [-0.05, 0) is 31.0 Å². The highest BCUT2D eigenvalue weighted by Crippen LogP contribution is 2.33. The molecule has 2 saturated heterocycles. The van der Waals surface area contributed by atoms with E-state index < -0.39 is 14.9 Å². The van der Waals surface area contributed by atoms with E-state index in [2.05, 4.69) is 4.90 Å². The molecule has 10 heteroatoms. The molecule has 0 saturated carbocycles. The summed E-state index contributed by atoms with van der Waals surface area (Å²) >= 11 is 0. The van der Waals surface area contributed by atoms with E-state index in [0.717, 1.165) is 12.8 Å². The van der Waals surface area contributed by atoms with E-state index in [1.165, 1.54) is 28.6 Å². The molecule has 0 atom stereocenters. The van der Waals surface area contributed by atoms with Crippen LogP contribution in [0.25, 0.3) is 0 Å². The van der Waals surface area contributed by atoms with Gasteiger partial charge < -0.3 is 4.90 Å². The second-order valence-corrected chi connectivity index (χ2v) is 9.81. The molecule has 2 aromatic carbocycles. The smallest absolute Gasteiger partial charge is 0.293 e. The summed E-state index contributed by atoms with van der Waals surface area (Å²) in [7, 11) is -3.72. The van der Waals surface area contributed by atoms with Crippen LogP contribution in [0.4, 0.5) is 15.8 Å². The fraction of sp³-hybridized carbons (Fsp3) is 0.429. The number of sulfonamides is 1. The summed E-state index contributed by atoms with van der Waals surface area (Å²) in [5, 5.41) is 11.7. The summed E-state index contributed by atoms with van der Waals surface area (Å²) in [6.45, 7) is 3.69. The highest BCUT2D eigenvalue weighted by Gasteiger charge is 2.31. The fourth-order valence-corrected chi connectivity index (χ4v) is 5.71. The zero-order valence-corrected chi connectivity index (χ0v) is 17.9. The molecule has 0 unspecified atom stereocenters. The maximum absolute atomic E-state index is 13.9. The van der Waals surface area contributed by atoms with Gasteiger partial charge in [-0.15, -0.1) is 0 Å². The minimum absolute atomic E-state index is 0.0389. The van der Waals surface area contributed by atoms with Crippen LogP contribution in [0.15, 0.2) is 47.4 Å². The Morgan fingerprint density at radius 2 is 1.65 bits per heavy atom. The molecule has 2 heterocycles. The Morgan fingerprint density at radius 3 is 2.29 bits per heavy atom. The van der Waals surface area contributed by atoms with Crippen molar-refractivity contribution in [3.8, 4) is 0 Å². The molecule has 0 spiro atoms. The zero-order valence-electron chi connectivity index (χ0n) is 17.1. The summed E-state index contributed by atoms with van der Waals surface area (Å²) < 4.78 is 40.9. The van der Waals surface area contributed by atoms with Gasteiger partial charge in [-0.1, -0.05) is 18.2 Å². The molecule has 0 aliphatic carbocycles. The van der Waals surface area contributed by atoms with Gasteiger partial charge in [0.05, 0.1) is 9.82 Å². The van der Waals surface area contributed by atoms with Crippen LogP contribution in [0.3, 0.4) is 0 Å². The second kappa shape index (κ2) is 8.89. The average molecular weight is 449 g/mol. The van der Waals surface area contributed by atoms with E-state index in [-0.39, 0.29) is 16.4 Å². The Labute approximate surface area is 181 Å². The molecule has 0 radical (unpaired) electrons. The van der Waals surface area contributed by atoms with Crippen molar-refractivity contribution in [2.45, 2.75) is 24.3 Å². The van der Waals surface area contributed by atoms with Crippen LogP contribution in [0, 0.1) is 15.9 Å². The molecule has 8 nitrogen and oxygen atoms in total. The lowest BCUT2D eigenvalue weighted by molar-refractivity contribution is -0.384. The van der Waals surface area contributed by atoms with Gasteiger partial charge in [-0.3, -0.25) is 15.0 Å². The van der Waals surface area contributed by atoms with Gasteiger partial charge in [0.15, 0.2) is 0 Å². The molecule has 2 aliphatic heterocycles. The molecular weight excluding hydrogens is 423 g/mol. The van der Waals surface area contributed by atoms with Crippen LogP contribution in [0.5, 0.6) is 0 Å². The minimum Gasteiger partial charge on any atom is -0.363 e. The van der Waals surface area contributed by atoms with Gasteiger partial charge in [0.1, 0.15) is 11.5 Å². The molecule has 2 aliphatic rings. The van der Waals surface area contributed by atoms with Gasteiger partial charge in [-0.2, -0.15) is 4.31 Å². The van der Waals surface area contributed by atoms with E-state index in [1.807, 2.05) is 4.90 Å². The number of anilines is 1. The van der Waals surface area contributed by atoms with Crippen molar-refractivity contribution in [3.63, 3.8) is 0 Å².